The molecule has 9 heteroatoms. The van der Waals surface area contributed by atoms with Crippen LogP contribution in [-0.4, -0.2) is 44.7 Å². The van der Waals surface area contributed by atoms with Crippen molar-refractivity contribution >= 4 is 5.91 Å². The van der Waals surface area contributed by atoms with Gasteiger partial charge in [0.2, 0.25) is 0 Å². The maximum Gasteiger partial charge on any atom is 0.453 e. The number of rotatable bonds is 3. The Hall–Kier alpha value is -2.42. The molecule has 2 N–H and O–H groups in total. The van der Waals surface area contributed by atoms with E-state index in [2.05, 4.69) is 17.0 Å². The van der Waals surface area contributed by atoms with Crippen molar-refractivity contribution < 1.29 is 18.0 Å². The van der Waals surface area contributed by atoms with E-state index in [1.165, 1.54) is 0 Å². The number of benzene rings is 1. The van der Waals surface area contributed by atoms with Gasteiger partial charge in [-0.1, -0.05) is 18.6 Å². The summed E-state index contributed by atoms with van der Waals surface area (Å²) >= 11 is 0. The zero-order chi connectivity index (χ0) is 19.8. The molecule has 1 aliphatic rings. The predicted octanol–water partition coefficient (Wildman–Crippen LogP) is 2.79. The van der Waals surface area contributed by atoms with Crippen molar-refractivity contribution in [3.05, 3.63) is 41.5 Å². The average Bonchev–Trinajstić information content (AvgIpc) is 3.11. The van der Waals surface area contributed by atoms with Crippen LogP contribution in [0.4, 0.5) is 13.2 Å². The summed E-state index contributed by atoms with van der Waals surface area (Å²) in [6.45, 7) is 4.79. The van der Waals surface area contributed by atoms with Crippen LogP contribution in [0.3, 0.4) is 0 Å². The van der Waals surface area contributed by atoms with E-state index in [0.717, 1.165) is 29.4 Å². The smallest absolute Gasteiger partial charge is 0.334 e. The largest absolute Gasteiger partial charge is 0.453 e. The third-order valence-corrected chi connectivity index (χ3v) is 4.99. The minimum atomic E-state index is -4.65. The number of piperidine rings is 1. The molecule has 2 heterocycles. The van der Waals surface area contributed by atoms with Gasteiger partial charge in [-0.25, -0.2) is 9.67 Å². The van der Waals surface area contributed by atoms with Gasteiger partial charge in [0.25, 0.3) is 11.7 Å². The number of aryl methyl sites for hydroxylation is 1. The third-order valence-electron chi connectivity index (χ3n) is 4.99. The molecular formula is C18H22F3N5O. The minimum absolute atomic E-state index is 0.0962. The van der Waals surface area contributed by atoms with Crippen molar-refractivity contribution in [3.8, 4) is 5.69 Å². The quantitative estimate of drug-likeness (QED) is 0.887. The number of nitrogens with two attached hydrogens (primary N) is 1. The van der Waals surface area contributed by atoms with Crippen LogP contribution in [0.2, 0.25) is 0 Å². The van der Waals surface area contributed by atoms with Crippen molar-refractivity contribution in [1.29, 1.82) is 0 Å². The fraction of sp³-hybridized carbons (Fsp3) is 0.500. The standard InChI is InChI=1S/C18H22F3N5O/c1-11-5-6-14(26-10-23-17(24-26)18(19,20)21)13(8-11)16(27)25-7-3-4-12(2)15(25)9-22/h5-6,8,10,12,15H,3-4,7,9,22H2,1-2H3/t12-,15-/m1/s1. The molecule has 1 aromatic heterocycles. The molecule has 146 valence electrons. The molecule has 6 nitrogen and oxygen atoms in total. The number of carbonyl (C=O) groups excluding carboxylic acids is 1. The number of hydrogen-bond donors (Lipinski definition) is 1. The SMILES string of the molecule is Cc1ccc(-n2cnc(C(F)(F)F)n2)c(C(=O)N2CCC[C@@H](C)[C@H]2CN)c1. The van der Waals surface area contributed by atoms with E-state index in [9.17, 15) is 18.0 Å². The van der Waals surface area contributed by atoms with Gasteiger partial charge >= 0.3 is 6.18 Å². The zero-order valence-electron chi connectivity index (χ0n) is 15.2. The molecule has 1 amide bonds. The van der Waals surface area contributed by atoms with E-state index in [0.29, 0.717) is 18.7 Å². The van der Waals surface area contributed by atoms with Gasteiger partial charge < -0.3 is 10.6 Å². The molecule has 0 radical (unpaired) electrons. The lowest BCUT2D eigenvalue weighted by Gasteiger charge is -2.39. The van der Waals surface area contributed by atoms with E-state index in [1.54, 1.807) is 23.1 Å². The van der Waals surface area contributed by atoms with E-state index in [1.807, 2.05) is 6.92 Å². The van der Waals surface area contributed by atoms with E-state index < -0.39 is 12.0 Å². The maximum atomic E-state index is 13.3. The summed E-state index contributed by atoms with van der Waals surface area (Å²) < 4.78 is 39.5. The Bertz CT molecular complexity index is 833. The average molecular weight is 381 g/mol. The molecule has 0 aliphatic carbocycles. The van der Waals surface area contributed by atoms with Gasteiger partial charge in [0.15, 0.2) is 0 Å². The molecule has 1 aromatic carbocycles. The molecule has 0 spiro atoms. The summed E-state index contributed by atoms with van der Waals surface area (Å²) in [6.07, 6.45) is -1.81. The highest BCUT2D eigenvalue weighted by atomic mass is 19.4. The second-order valence-electron chi connectivity index (χ2n) is 6.95. The summed E-state index contributed by atoms with van der Waals surface area (Å²) in [5, 5.41) is 3.51. The Morgan fingerprint density at radius 3 is 2.74 bits per heavy atom. The number of alkyl halides is 3. The number of halogens is 3. The summed E-state index contributed by atoms with van der Waals surface area (Å²) in [5.41, 5.74) is 7.27. The summed E-state index contributed by atoms with van der Waals surface area (Å²) in [6, 6.07) is 4.88. The number of hydrogen-bond acceptors (Lipinski definition) is 4. The van der Waals surface area contributed by atoms with E-state index >= 15 is 0 Å². The van der Waals surface area contributed by atoms with Crippen molar-refractivity contribution in [3.63, 3.8) is 0 Å². The lowest BCUT2D eigenvalue weighted by atomic mass is 9.90. The van der Waals surface area contributed by atoms with Gasteiger partial charge in [-0.15, -0.1) is 5.10 Å². The first-order valence-electron chi connectivity index (χ1n) is 8.83. The molecule has 0 bridgehead atoms. The Morgan fingerprint density at radius 2 is 2.11 bits per heavy atom. The Labute approximate surface area is 155 Å². The zero-order valence-corrected chi connectivity index (χ0v) is 15.2. The minimum Gasteiger partial charge on any atom is -0.334 e. The first-order chi connectivity index (χ1) is 12.7. The third kappa shape index (κ3) is 3.83. The van der Waals surface area contributed by atoms with Crippen LogP contribution in [0.25, 0.3) is 5.69 Å². The first-order valence-corrected chi connectivity index (χ1v) is 8.83. The lowest BCUT2D eigenvalue weighted by molar-refractivity contribution is -0.144. The number of carbonyl (C=O) groups is 1. The van der Waals surface area contributed by atoms with Gasteiger partial charge in [-0.3, -0.25) is 4.79 Å². The number of amides is 1. The molecule has 27 heavy (non-hydrogen) atoms. The Kier molecular flexibility index (Phi) is 5.23. The highest BCUT2D eigenvalue weighted by Gasteiger charge is 2.37. The van der Waals surface area contributed by atoms with Crippen molar-refractivity contribution in [2.75, 3.05) is 13.1 Å². The van der Waals surface area contributed by atoms with Gasteiger partial charge in [0, 0.05) is 19.1 Å². The number of likely N-dealkylation sites (tertiary alicyclic amines) is 1. The van der Waals surface area contributed by atoms with Gasteiger partial charge in [-0.2, -0.15) is 13.2 Å². The number of nitrogens with zero attached hydrogens (tertiary/aromatic N) is 4. The van der Waals surface area contributed by atoms with E-state index in [-0.39, 0.29) is 23.6 Å². The molecule has 2 atom stereocenters. The molecule has 2 aromatic rings. The maximum absolute atomic E-state index is 13.3. The normalized spacial score (nSPS) is 20.7. The van der Waals surface area contributed by atoms with Crippen LogP contribution in [0.5, 0.6) is 0 Å². The molecule has 0 saturated carbocycles. The van der Waals surface area contributed by atoms with Crippen molar-refractivity contribution in [2.45, 2.75) is 38.9 Å². The van der Waals surface area contributed by atoms with Crippen LogP contribution in [0.15, 0.2) is 24.5 Å². The van der Waals surface area contributed by atoms with Gasteiger partial charge in [-0.05, 0) is 37.8 Å². The fourth-order valence-electron chi connectivity index (χ4n) is 3.55. The molecule has 0 unspecified atom stereocenters. The van der Waals surface area contributed by atoms with Gasteiger partial charge in [0.1, 0.15) is 6.33 Å². The molecule has 1 fully saturated rings. The lowest BCUT2D eigenvalue weighted by Crippen LogP contribution is -2.51. The topological polar surface area (TPSA) is 77.0 Å². The monoisotopic (exact) mass is 381 g/mol. The molecule has 1 saturated heterocycles. The van der Waals surface area contributed by atoms with Crippen LogP contribution in [-0.2, 0) is 6.18 Å². The van der Waals surface area contributed by atoms with Crippen LogP contribution >= 0.6 is 0 Å². The molecular weight excluding hydrogens is 359 g/mol. The van der Waals surface area contributed by atoms with Crippen molar-refractivity contribution in [1.82, 2.24) is 19.7 Å². The first kappa shape index (κ1) is 19.3. The van der Waals surface area contributed by atoms with Crippen LogP contribution in [0.1, 0.15) is 41.5 Å². The van der Waals surface area contributed by atoms with Crippen molar-refractivity contribution in [2.24, 2.45) is 11.7 Å². The van der Waals surface area contributed by atoms with Gasteiger partial charge in [0.05, 0.1) is 11.3 Å². The second kappa shape index (κ2) is 7.30. The highest BCUT2D eigenvalue weighted by molar-refractivity contribution is 5.98. The summed E-state index contributed by atoms with van der Waals surface area (Å²) in [4.78, 5) is 18.3. The molecule has 3 rings (SSSR count). The molecule has 1 aliphatic heterocycles. The van der Waals surface area contributed by atoms with E-state index in [4.69, 9.17) is 5.73 Å². The highest BCUT2D eigenvalue weighted by Crippen LogP contribution is 2.28. The van der Waals surface area contributed by atoms with Crippen LogP contribution < -0.4 is 5.73 Å². The summed E-state index contributed by atoms with van der Waals surface area (Å²) in [5.74, 6) is -1.23. The second-order valence-corrected chi connectivity index (χ2v) is 6.95. The van der Waals surface area contributed by atoms with Crippen LogP contribution in [0, 0.1) is 12.8 Å². The number of aromatic nitrogens is 3. The fourth-order valence-corrected chi connectivity index (χ4v) is 3.55. The Balaban J connectivity index is 2.01. The Morgan fingerprint density at radius 1 is 1.37 bits per heavy atom. The predicted molar refractivity (Wildman–Crippen MR) is 93.4 cm³/mol. The summed E-state index contributed by atoms with van der Waals surface area (Å²) in [7, 11) is 0.